The van der Waals surface area contributed by atoms with Gasteiger partial charge in [0.2, 0.25) is 0 Å². The maximum Gasteiger partial charge on any atom is 0.309 e. The number of carbonyl (C=O) groups is 3. The summed E-state index contributed by atoms with van der Waals surface area (Å²) in [5.41, 5.74) is 1.50. The minimum Gasteiger partial charge on any atom is -0.469 e. The molecule has 0 saturated carbocycles. The number of hydrogen-bond donors (Lipinski definition) is 0. The monoisotopic (exact) mass is 329 g/mol. The maximum atomic E-state index is 12.1. The molecule has 0 saturated heterocycles. The highest BCUT2D eigenvalue weighted by Crippen LogP contribution is 2.32. The van der Waals surface area contributed by atoms with E-state index in [9.17, 15) is 14.4 Å². The summed E-state index contributed by atoms with van der Waals surface area (Å²) in [7, 11) is 2.54. The van der Waals surface area contributed by atoms with Gasteiger partial charge in [0, 0.05) is 23.9 Å². The number of fused-ring (bicyclic) bond motifs is 1. The van der Waals surface area contributed by atoms with Crippen molar-refractivity contribution < 1.29 is 23.9 Å². The van der Waals surface area contributed by atoms with Crippen molar-refractivity contribution in [1.29, 1.82) is 0 Å². The Kier molecular flexibility index (Phi) is 6.01. The Balaban J connectivity index is 2.47. The van der Waals surface area contributed by atoms with Gasteiger partial charge in [-0.05, 0) is 17.7 Å². The third kappa shape index (κ3) is 3.95. The van der Waals surface area contributed by atoms with Gasteiger partial charge in [0.25, 0.3) is 0 Å². The van der Waals surface area contributed by atoms with E-state index in [1.54, 1.807) is 6.20 Å². The normalized spacial score (nSPS) is 13.1. The molecule has 2 rings (SSSR count). The number of methoxy groups -OCH3 is 2. The lowest BCUT2D eigenvalue weighted by Crippen LogP contribution is -2.26. The summed E-state index contributed by atoms with van der Waals surface area (Å²) < 4.78 is 9.53. The number of rotatable bonds is 7. The molecule has 1 aromatic carbocycles. The first kappa shape index (κ1) is 17.6. The van der Waals surface area contributed by atoms with Crippen molar-refractivity contribution in [2.75, 3.05) is 14.2 Å². The molecule has 2 atom stereocenters. The predicted molar refractivity (Wildman–Crippen MR) is 87.3 cm³/mol. The van der Waals surface area contributed by atoms with Crippen LogP contribution in [0.15, 0.2) is 36.5 Å². The van der Waals surface area contributed by atoms with E-state index >= 15 is 0 Å². The maximum absolute atomic E-state index is 12.1. The topological polar surface area (TPSA) is 82.6 Å². The Morgan fingerprint density at radius 3 is 2.62 bits per heavy atom. The summed E-state index contributed by atoms with van der Waals surface area (Å²) in [6.07, 6.45) is 2.20. The van der Waals surface area contributed by atoms with Gasteiger partial charge in [-0.25, -0.2) is 0 Å². The van der Waals surface area contributed by atoms with Crippen LogP contribution in [0.1, 0.15) is 24.3 Å². The SMILES string of the molecule is COC(=O)CC(c1cnc2ccccc2c1)C(CC=O)C(=O)OC. The third-order valence-corrected chi connectivity index (χ3v) is 3.99. The van der Waals surface area contributed by atoms with Gasteiger partial charge < -0.3 is 14.3 Å². The molecule has 0 bridgehead atoms. The molecule has 2 unspecified atom stereocenters. The number of carbonyl (C=O) groups excluding carboxylic acids is 3. The van der Waals surface area contributed by atoms with Crippen molar-refractivity contribution in [3.8, 4) is 0 Å². The van der Waals surface area contributed by atoms with Gasteiger partial charge in [-0.3, -0.25) is 14.6 Å². The lowest BCUT2D eigenvalue weighted by atomic mass is 9.82. The quantitative estimate of drug-likeness (QED) is 0.572. The molecular weight excluding hydrogens is 310 g/mol. The van der Waals surface area contributed by atoms with E-state index in [0.29, 0.717) is 11.8 Å². The standard InChI is InChI=1S/C18H19NO5/c1-23-17(21)10-15(14(7-8-20)18(22)24-2)13-9-12-5-3-4-6-16(12)19-11-13/h3-6,8-9,11,14-15H,7,10H2,1-2H3. The number of benzene rings is 1. The van der Waals surface area contributed by atoms with E-state index < -0.39 is 23.8 Å². The number of pyridine rings is 1. The molecule has 0 spiro atoms. The van der Waals surface area contributed by atoms with E-state index in [2.05, 4.69) is 4.98 Å². The molecule has 0 aliphatic heterocycles. The summed E-state index contributed by atoms with van der Waals surface area (Å²) in [4.78, 5) is 39.3. The average molecular weight is 329 g/mol. The Labute approximate surface area is 139 Å². The van der Waals surface area contributed by atoms with Crippen LogP contribution in [0.5, 0.6) is 0 Å². The van der Waals surface area contributed by atoms with Crippen molar-refractivity contribution >= 4 is 29.1 Å². The number of hydrogen-bond acceptors (Lipinski definition) is 6. The van der Waals surface area contributed by atoms with Gasteiger partial charge in [0.1, 0.15) is 6.29 Å². The molecule has 2 aromatic rings. The summed E-state index contributed by atoms with van der Waals surface area (Å²) in [6, 6.07) is 9.40. The first-order valence-corrected chi connectivity index (χ1v) is 7.53. The van der Waals surface area contributed by atoms with E-state index in [0.717, 1.165) is 10.9 Å². The van der Waals surface area contributed by atoms with Gasteiger partial charge >= 0.3 is 11.9 Å². The van der Waals surface area contributed by atoms with Crippen LogP contribution in [0.4, 0.5) is 0 Å². The van der Waals surface area contributed by atoms with Gasteiger partial charge in [-0.15, -0.1) is 0 Å². The molecule has 0 fully saturated rings. The molecule has 1 aromatic heterocycles. The highest BCUT2D eigenvalue weighted by Gasteiger charge is 2.32. The molecule has 0 aliphatic carbocycles. The van der Waals surface area contributed by atoms with Gasteiger partial charge in [0.15, 0.2) is 0 Å². The number of para-hydroxylation sites is 1. The van der Waals surface area contributed by atoms with E-state index in [4.69, 9.17) is 9.47 Å². The van der Waals surface area contributed by atoms with Crippen LogP contribution in [-0.4, -0.2) is 37.4 Å². The van der Waals surface area contributed by atoms with Gasteiger partial charge in [-0.1, -0.05) is 18.2 Å². The predicted octanol–water partition coefficient (Wildman–Crippen LogP) is 2.26. The molecule has 0 N–H and O–H groups in total. The molecule has 1 heterocycles. The summed E-state index contributed by atoms with van der Waals surface area (Å²) in [5.74, 6) is -2.32. The highest BCUT2D eigenvalue weighted by molar-refractivity contribution is 5.81. The molecule has 6 heteroatoms. The highest BCUT2D eigenvalue weighted by atomic mass is 16.5. The number of aromatic nitrogens is 1. The smallest absolute Gasteiger partial charge is 0.309 e. The molecule has 126 valence electrons. The van der Waals surface area contributed by atoms with Crippen LogP contribution < -0.4 is 0 Å². The van der Waals surface area contributed by atoms with Crippen molar-refractivity contribution in [3.05, 3.63) is 42.1 Å². The molecule has 6 nitrogen and oxygen atoms in total. The molecule has 0 radical (unpaired) electrons. The number of ether oxygens (including phenoxy) is 2. The van der Waals surface area contributed by atoms with Crippen molar-refractivity contribution in [3.63, 3.8) is 0 Å². The van der Waals surface area contributed by atoms with Crippen LogP contribution in [0.25, 0.3) is 10.9 Å². The minimum atomic E-state index is -0.769. The van der Waals surface area contributed by atoms with Gasteiger partial charge in [-0.2, -0.15) is 0 Å². The van der Waals surface area contributed by atoms with Gasteiger partial charge in [0.05, 0.1) is 32.1 Å². The second kappa shape index (κ2) is 8.19. The summed E-state index contributed by atoms with van der Waals surface area (Å²) in [5, 5.41) is 0.889. The number of aldehydes is 1. The lowest BCUT2D eigenvalue weighted by molar-refractivity contribution is -0.148. The van der Waals surface area contributed by atoms with Crippen molar-refractivity contribution in [2.24, 2.45) is 5.92 Å². The fourth-order valence-corrected chi connectivity index (χ4v) is 2.73. The largest absolute Gasteiger partial charge is 0.469 e. The Bertz CT molecular complexity index is 743. The van der Waals surface area contributed by atoms with Crippen LogP contribution in [0, 0.1) is 5.92 Å². The zero-order chi connectivity index (χ0) is 17.5. The van der Waals surface area contributed by atoms with Crippen molar-refractivity contribution in [1.82, 2.24) is 4.98 Å². The molecule has 0 aliphatic rings. The van der Waals surface area contributed by atoms with Crippen LogP contribution in [0.3, 0.4) is 0 Å². The van der Waals surface area contributed by atoms with Crippen LogP contribution in [-0.2, 0) is 23.9 Å². The second-order valence-electron chi connectivity index (χ2n) is 5.38. The molecule has 0 amide bonds. The molecule has 24 heavy (non-hydrogen) atoms. The summed E-state index contributed by atoms with van der Waals surface area (Å²) >= 11 is 0. The fraction of sp³-hybridized carbons (Fsp3) is 0.333. The zero-order valence-corrected chi connectivity index (χ0v) is 13.6. The fourth-order valence-electron chi connectivity index (χ4n) is 2.73. The number of esters is 2. The minimum absolute atomic E-state index is 0.0376. The second-order valence-corrected chi connectivity index (χ2v) is 5.38. The Morgan fingerprint density at radius 1 is 1.21 bits per heavy atom. The Hall–Kier alpha value is -2.76. The average Bonchev–Trinajstić information content (AvgIpc) is 2.63. The first-order chi connectivity index (χ1) is 11.6. The lowest BCUT2D eigenvalue weighted by Gasteiger charge is -2.23. The van der Waals surface area contributed by atoms with E-state index in [-0.39, 0.29) is 12.8 Å². The zero-order valence-electron chi connectivity index (χ0n) is 13.6. The van der Waals surface area contributed by atoms with Crippen molar-refractivity contribution in [2.45, 2.75) is 18.8 Å². The number of nitrogens with zero attached hydrogens (tertiary/aromatic N) is 1. The third-order valence-electron chi connectivity index (χ3n) is 3.99. The van der Waals surface area contributed by atoms with E-state index in [1.165, 1.54) is 14.2 Å². The Morgan fingerprint density at radius 2 is 1.96 bits per heavy atom. The van der Waals surface area contributed by atoms with Crippen LogP contribution >= 0.6 is 0 Å². The molecular formula is C18H19NO5. The summed E-state index contributed by atoms with van der Waals surface area (Å²) in [6.45, 7) is 0. The van der Waals surface area contributed by atoms with Crippen LogP contribution in [0.2, 0.25) is 0 Å². The van der Waals surface area contributed by atoms with E-state index in [1.807, 2.05) is 30.3 Å². The first-order valence-electron chi connectivity index (χ1n) is 7.53.